The van der Waals surface area contributed by atoms with Gasteiger partial charge in [0.2, 0.25) is 0 Å². The number of nitrogens with zero attached hydrogens (tertiary/aromatic N) is 2. The van der Waals surface area contributed by atoms with Crippen molar-refractivity contribution in [2.45, 2.75) is 19.8 Å². The summed E-state index contributed by atoms with van der Waals surface area (Å²) >= 11 is 0. The summed E-state index contributed by atoms with van der Waals surface area (Å²) in [7, 11) is 4.00. The lowest BCUT2D eigenvalue weighted by molar-refractivity contribution is 0.0893. The SMILES string of the molecule is CCNC(=NCCCOCC1CCOC1)N(C)C. The minimum atomic E-state index is 0.604. The summed E-state index contributed by atoms with van der Waals surface area (Å²) in [6.45, 7) is 7.16. The van der Waals surface area contributed by atoms with E-state index in [1.54, 1.807) is 0 Å². The van der Waals surface area contributed by atoms with Gasteiger partial charge in [-0.2, -0.15) is 0 Å². The van der Waals surface area contributed by atoms with Gasteiger partial charge in [0.15, 0.2) is 5.96 Å². The molecule has 0 aromatic rings. The van der Waals surface area contributed by atoms with Gasteiger partial charge in [-0.25, -0.2) is 0 Å². The third-order valence-electron chi connectivity index (χ3n) is 2.84. The Morgan fingerprint density at radius 2 is 2.33 bits per heavy atom. The lowest BCUT2D eigenvalue weighted by Gasteiger charge is -2.16. The third kappa shape index (κ3) is 6.21. The molecule has 0 aromatic carbocycles. The Kier molecular flexibility index (Phi) is 7.76. The normalized spacial score (nSPS) is 20.2. The molecule has 1 atom stereocenters. The molecule has 18 heavy (non-hydrogen) atoms. The van der Waals surface area contributed by atoms with Crippen molar-refractivity contribution < 1.29 is 9.47 Å². The topological polar surface area (TPSA) is 46.1 Å². The second-order valence-electron chi connectivity index (χ2n) is 4.79. The first-order chi connectivity index (χ1) is 8.74. The van der Waals surface area contributed by atoms with Crippen molar-refractivity contribution in [1.82, 2.24) is 10.2 Å². The largest absolute Gasteiger partial charge is 0.381 e. The van der Waals surface area contributed by atoms with E-state index < -0.39 is 0 Å². The molecule has 0 aliphatic carbocycles. The van der Waals surface area contributed by atoms with Crippen LogP contribution in [-0.2, 0) is 9.47 Å². The van der Waals surface area contributed by atoms with Crippen LogP contribution in [0.1, 0.15) is 19.8 Å². The number of hydrogen-bond acceptors (Lipinski definition) is 3. The zero-order chi connectivity index (χ0) is 13.2. The Labute approximate surface area is 111 Å². The van der Waals surface area contributed by atoms with E-state index in [0.29, 0.717) is 5.92 Å². The number of ether oxygens (including phenoxy) is 2. The molecule has 0 bridgehead atoms. The third-order valence-corrected chi connectivity index (χ3v) is 2.84. The highest BCUT2D eigenvalue weighted by Crippen LogP contribution is 2.12. The Morgan fingerprint density at radius 3 is 2.94 bits per heavy atom. The van der Waals surface area contributed by atoms with E-state index in [-0.39, 0.29) is 0 Å². The molecule has 1 aliphatic heterocycles. The monoisotopic (exact) mass is 257 g/mol. The molecule has 1 unspecified atom stereocenters. The van der Waals surface area contributed by atoms with Crippen molar-refractivity contribution in [3.05, 3.63) is 0 Å². The summed E-state index contributed by atoms with van der Waals surface area (Å²) in [6, 6.07) is 0. The highest BCUT2D eigenvalue weighted by Gasteiger charge is 2.15. The van der Waals surface area contributed by atoms with Crippen LogP contribution in [0.2, 0.25) is 0 Å². The Balaban J connectivity index is 2.03. The van der Waals surface area contributed by atoms with Crippen molar-refractivity contribution in [3.8, 4) is 0 Å². The van der Waals surface area contributed by atoms with Crippen LogP contribution in [0.25, 0.3) is 0 Å². The van der Waals surface area contributed by atoms with Gasteiger partial charge >= 0.3 is 0 Å². The van der Waals surface area contributed by atoms with Crippen LogP contribution in [0.3, 0.4) is 0 Å². The number of hydrogen-bond donors (Lipinski definition) is 1. The van der Waals surface area contributed by atoms with Gasteiger partial charge in [-0.05, 0) is 19.8 Å². The molecule has 1 heterocycles. The van der Waals surface area contributed by atoms with E-state index in [0.717, 1.165) is 58.3 Å². The van der Waals surface area contributed by atoms with Crippen molar-refractivity contribution in [2.75, 3.05) is 53.6 Å². The fourth-order valence-corrected chi connectivity index (χ4v) is 1.83. The summed E-state index contributed by atoms with van der Waals surface area (Å²) in [6.07, 6.45) is 2.11. The molecule has 1 saturated heterocycles. The second kappa shape index (κ2) is 9.16. The quantitative estimate of drug-likeness (QED) is 0.419. The summed E-state index contributed by atoms with van der Waals surface area (Å²) in [5.41, 5.74) is 0. The first kappa shape index (κ1) is 15.2. The summed E-state index contributed by atoms with van der Waals surface area (Å²) in [4.78, 5) is 6.51. The van der Waals surface area contributed by atoms with Gasteiger partial charge in [-0.3, -0.25) is 4.99 Å². The van der Waals surface area contributed by atoms with Crippen molar-refractivity contribution >= 4 is 5.96 Å². The van der Waals surface area contributed by atoms with Crippen molar-refractivity contribution in [2.24, 2.45) is 10.9 Å². The van der Waals surface area contributed by atoms with E-state index in [1.165, 1.54) is 0 Å². The minimum Gasteiger partial charge on any atom is -0.381 e. The zero-order valence-corrected chi connectivity index (χ0v) is 11.9. The molecule has 1 rings (SSSR count). The highest BCUT2D eigenvalue weighted by atomic mass is 16.5. The zero-order valence-electron chi connectivity index (χ0n) is 11.9. The Bertz CT molecular complexity index is 238. The second-order valence-corrected chi connectivity index (χ2v) is 4.79. The molecule has 0 saturated carbocycles. The predicted molar refractivity (Wildman–Crippen MR) is 74.0 cm³/mol. The van der Waals surface area contributed by atoms with Gasteiger partial charge in [0.1, 0.15) is 0 Å². The highest BCUT2D eigenvalue weighted by molar-refractivity contribution is 5.79. The molecule has 0 radical (unpaired) electrons. The van der Waals surface area contributed by atoms with E-state index >= 15 is 0 Å². The Morgan fingerprint density at radius 1 is 1.50 bits per heavy atom. The average Bonchev–Trinajstić information content (AvgIpc) is 2.84. The van der Waals surface area contributed by atoms with Gasteiger partial charge in [-0.1, -0.05) is 0 Å². The standard InChI is InChI=1S/C13H27N3O2/c1-4-14-13(16(2)3)15-7-5-8-17-10-12-6-9-18-11-12/h12H,4-11H2,1-3H3,(H,14,15). The van der Waals surface area contributed by atoms with Gasteiger partial charge in [0.25, 0.3) is 0 Å². The number of rotatable bonds is 7. The van der Waals surface area contributed by atoms with E-state index in [4.69, 9.17) is 9.47 Å². The molecular weight excluding hydrogens is 230 g/mol. The summed E-state index contributed by atoms with van der Waals surface area (Å²) in [5, 5.41) is 3.24. The minimum absolute atomic E-state index is 0.604. The lowest BCUT2D eigenvalue weighted by atomic mass is 10.1. The number of aliphatic imine (C=N–C) groups is 1. The first-order valence-electron chi connectivity index (χ1n) is 6.85. The van der Waals surface area contributed by atoms with Gasteiger partial charge in [-0.15, -0.1) is 0 Å². The van der Waals surface area contributed by atoms with Crippen molar-refractivity contribution in [1.29, 1.82) is 0 Å². The van der Waals surface area contributed by atoms with Crippen LogP contribution in [-0.4, -0.2) is 64.5 Å². The van der Waals surface area contributed by atoms with E-state index in [9.17, 15) is 0 Å². The maximum Gasteiger partial charge on any atom is 0.193 e. The molecule has 0 amide bonds. The molecule has 1 fully saturated rings. The molecule has 0 spiro atoms. The van der Waals surface area contributed by atoms with Crippen LogP contribution in [0.5, 0.6) is 0 Å². The molecule has 1 aliphatic rings. The summed E-state index contributed by atoms with van der Waals surface area (Å²) in [5.74, 6) is 1.55. The molecule has 0 aromatic heterocycles. The fourth-order valence-electron chi connectivity index (χ4n) is 1.83. The smallest absolute Gasteiger partial charge is 0.193 e. The van der Waals surface area contributed by atoms with Gasteiger partial charge in [0, 0.05) is 46.3 Å². The lowest BCUT2D eigenvalue weighted by Crippen LogP contribution is -2.36. The average molecular weight is 257 g/mol. The van der Waals surface area contributed by atoms with Crippen LogP contribution in [0, 0.1) is 5.92 Å². The van der Waals surface area contributed by atoms with E-state index in [2.05, 4.69) is 17.2 Å². The molecule has 5 heteroatoms. The van der Waals surface area contributed by atoms with Crippen LogP contribution < -0.4 is 5.32 Å². The maximum absolute atomic E-state index is 5.64. The molecule has 1 N–H and O–H groups in total. The number of guanidine groups is 1. The van der Waals surface area contributed by atoms with Gasteiger partial charge < -0.3 is 19.7 Å². The predicted octanol–water partition coefficient (Wildman–Crippen LogP) is 0.957. The van der Waals surface area contributed by atoms with Crippen LogP contribution in [0.15, 0.2) is 4.99 Å². The molecular formula is C13H27N3O2. The van der Waals surface area contributed by atoms with Crippen LogP contribution in [0.4, 0.5) is 0 Å². The van der Waals surface area contributed by atoms with Crippen LogP contribution >= 0.6 is 0 Å². The number of nitrogens with one attached hydrogen (secondary N) is 1. The van der Waals surface area contributed by atoms with Crippen molar-refractivity contribution in [3.63, 3.8) is 0 Å². The fraction of sp³-hybridized carbons (Fsp3) is 0.923. The van der Waals surface area contributed by atoms with E-state index in [1.807, 2.05) is 19.0 Å². The molecule has 106 valence electrons. The Hall–Kier alpha value is -0.810. The summed E-state index contributed by atoms with van der Waals surface area (Å²) < 4.78 is 10.9. The molecule has 5 nitrogen and oxygen atoms in total. The maximum atomic E-state index is 5.64. The van der Waals surface area contributed by atoms with Gasteiger partial charge in [0.05, 0.1) is 13.2 Å². The first-order valence-corrected chi connectivity index (χ1v) is 6.85.